The molecular formula is C24H21F2N3O3S2. The second-order valence-electron chi connectivity index (χ2n) is 8.17. The Morgan fingerprint density at radius 3 is 2.50 bits per heavy atom. The van der Waals surface area contributed by atoms with Crippen molar-refractivity contribution in [2.75, 3.05) is 18.1 Å². The zero-order valence-corrected chi connectivity index (χ0v) is 19.9. The highest BCUT2D eigenvalue weighted by Crippen LogP contribution is 2.37. The van der Waals surface area contributed by atoms with Gasteiger partial charge in [-0.3, -0.25) is 9.69 Å². The molecule has 0 unspecified atom stereocenters. The highest BCUT2D eigenvalue weighted by molar-refractivity contribution is 7.90. The highest BCUT2D eigenvalue weighted by atomic mass is 32.2. The number of fused-ring (bicyclic) bond motifs is 1. The van der Waals surface area contributed by atoms with Crippen LogP contribution in [0, 0.1) is 23.0 Å². The number of nitriles is 1. The number of carbonyl (C=O) groups is 1. The SMILES string of the molecule is CS(=O)(=O)c1ccc(CC(=O)Nc2sc3c(c2C#N)CCN(Cc2ccc(F)c(F)c2)C3)cc1. The minimum atomic E-state index is -3.31. The summed E-state index contributed by atoms with van der Waals surface area (Å²) in [6, 6.07) is 12.2. The fourth-order valence-corrected chi connectivity index (χ4v) is 5.79. The van der Waals surface area contributed by atoms with E-state index in [9.17, 15) is 27.3 Å². The Kier molecular flexibility index (Phi) is 6.79. The van der Waals surface area contributed by atoms with Crippen LogP contribution in [0.1, 0.15) is 27.1 Å². The zero-order chi connectivity index (χ0) is 24.5. The van der Waals surface area contributed by atoms with Gasteiger partial charge < -0.3 is 5.32 Å². The topological polar surface area (TPSA) is 90.3 Å². The van der Waals surface area contributed by atoms with Gasteiger partial charge in [0.05, 0.1) is 16.9 Å². The van der Waals surface area contributed by atoms with Gasteiger partial charge in [-0.15, -0.1) is 11.3 Å². The van der Waals surface area contributed by atoms with E-state index in [1.165, 1.54) is 29.5 Å². The van der Waals surface area contributed by atoms with Crippen LogP contribution in [-0.4, -0.2) is 32.0 Å². The van der Waals surface area contributed by atoms with Crippen molar-refractivity contribution in [1.29, 1.82) is 5.26 Å². The van der Waals surface area contributed by atoms with Gasteiger partial charge in [0.15, 0.2) is 21.5 Å². The highest BCUT2D eigenvalue weighted by Gasteiger charge is 2.25. The van der Waals surface area contributed by atoms with Crippen molar-refractivity contribution in [2.45, 2.75) is 30.8 Å². The van der Waals surface area contributed by atoms with Gasteiger partial charge in [-0.1, -0.05) is 18.2 Å². The van der Waals surface area contributed by atoms with E-state index in [-0.39, 0.29) is 17.2 Å². The van der Waals surface area contributed by atoms with Gasteiger partial charge in [0.25, 0.3) is 0 Å². The average molecular weight is 502 g/mol. The molecule has 176 valence electrons. The molecule has 0 spiro atoms. The number of rotatable bonds is 6. The molecule has 2 aromatic carbocycles. The van der Waals surface area contributed by atoms with E-state index in [1.54, 1.807) is 18.2 Å². The lowest BCUT2D eigenvalue weighted by Gasteiger charge is -2.26. The average Bonchev–Trinajstić information content (AvgIpc) is 3.12. The molecule has 0 fully saturated rings. The van der Waals surface area contributed by atoms with Crippen molar-refractivity contribution in [1.82, 2.24) is 4.90 Å². The van der Waals surface area contributed by atoms with Crippen LogP contribution in [0.15, 0.2) is 47.4 Å². The number of halogens is 2. The van der Waals surface area contributed by atoms with E-state index >= 15 is 0 Å². The number of benzene rings is 2. The first-order valence-electron chi connectivity index (χ1n) is 10.4. The predicted molar refractivity (Wildman–Crippen MR) is 125 cm³/mol. The second-order valence-corrected chi connectivity index (χ2v) is 11.3. The third kappa shape index (κ3) is 5.33. The Hall–Kier alpha value is -3.13. The van der Waals surface area contributed by atoms with Crippen LogP contribution >= 0.6 is 11.3 Å². The molecule has 1 N–H and O–H groups in total. The van der Waals surface area contributed by atoms with Crippen molar-refractivity contribution >= 4 is 32.1 Å². The van der Waals surface area contributed by atoms with E-state index in [2.05, 4.69) is 16.3 Å². The number of anilines is 1. The quantitative estimate of drug-likeness (QED) is 0.551. The minimum Gasteiger partial charge on any atom is -0.316 e. The maximum atomic E-state index is 13.5. The molecule has 1 aromatic heterocycles. The number of nitrogens with zero attached hydrogens (tertiary/aromatic N) is 2. The first-order valence-corrected chi connectivity index (χ1v) is 13.1. The van der Waals surface area contributed by atoms with Gasteiger partial charge in [-0.25, -0.2) is 17.2 Å². The number of hydrogen-bond acceptors (Lipinski definition) is 6. The van der Waals surface area contributed by atoms with Crippen molar-refractivity contribution in [2.24, 2.45) is 0 Å². The van der Waals surface area contributed by atoms with Crippen LogP contribution in [0.4, 0.5) is 13.8 Å². The first kappa shape index (κ1) is 24.0. The molecule has 1 aliphatic rings. The Morgan fingerprint density at radius 1 is 1.15 bits per heavy atom. The molecule has 10 heteroatoms. The monoisotopic (exact) mass is 501 g/mol. The summed E-state index contributed by atoms with van der Waals surface area (Å²) in [4.78, 5) is 15.8. The Labute approximate surface area is 200 Å². The third-order valence-corrected chi connectivity index (χ3v) is 7.87. The molecular weight excluding hydrogens is 480 g/mol. The lowest BCUT2D eigenvalue weighted by atomic mass is 10.0. The number of amides is 1. The molecule has 0 radical (unpaired) electrons. The Balaban J connectivity index is 1.44. The summed E-state index contributed by atoms with van der Waals surface area (Å²) in [7, 11) is -3.31. The molecule has 3 aromatic rings. The standard InChI is InChI=1S/C24H21F2N3O3S2/c1-34(31,32)17-5-2-15(3-6-17)11-23(30)28-24-19(12-27)18-8-9-29(14-22(18)33-24)13-16-4-7-20(25)21(26)10-16/h2-7,10H,8-9,11,13-14H2,1H3,(H,28,30). The molecule has 0 aliphatic carbocycles. The molecule has 0 saturated heterocycles. The summed E-state index contributed by atoms with van der Waals surface area (Å²) in [5.41, 5.74) is 2.67. The summed E-state index contributed by atoms with van der Waals surface area (Å²) in [6.07, 6.45) is 1.77. The molecule has 6 nitrogen and oxygen atoms in total. The number of hydrogen-bond donors (Lipinski definition) is 1. The van der Waals surface area contributed by atoms with Crippen molar-refractivity contribution in [3.63, 3.8) is 0 Å². The predicted octanol–water partition coefficient (Wildman–Crippen LogP) is 4.04. The van der Waals surface area contributed by atoms with Crippen LogP contribution in [0.25, 0.3) is 0 Å². The van der Waals surface area contributed by atoms with Crippen molar-refractivity contribution in [3.8, 4) is 6.07 Å². The van der Waals surface area contributed by atoms with E-state index in [4.69, 9.17) is 0 Å². The molecule has 0 saturated carbocycles. The molecule has 34 heavy (non-hydrogen) atoms. The lowest BCUT2D eigenvalue weighted by molar-refractivity contribution is -0.115. The Bertz CT molecular complexity index is 1390. The van der Waals surface area contributed by atoms with Crippen LogP contribution in [0.3, 0.4) is 0 Å². The van der Waals surface area contributed by atoms with Crippen LogP contribution in [0.5, 0.6) is 0 Å². The number of nitrogens with one attached hydrogen (secondary N) is 1. The molecule has 0 bridgehead atoms. The molecule has 2 heterocycles. The van der Waals surface area contributed by atoms with Gasteiger partial charge in [-0.2, -0.15) is 5.26 Å². The van der Waals surface area contributed by atoms with Crippen LogP contribution in [0.2, 0.25) is 0 Å². The van der Waals surface area contributed by atoms with Gasteiger partial charge in [-0.05, 0) is 47.4 Å². The van der Waals surface area contributed by atoms with Gasteiger partial charge in [0, 0.05) is 30.8 Å². The van der Waals surface area contributed by atoms with Gasteiger partial charge in [0.1, 0.15) is 11.1 Å². The van der Waals surface area contributed by atoms with E-state index < -0.39 is 21.5 Å². The minimum absolute atomic E-state index is 0.0414. The summed E-state index contributed by atoms with van der Waals surface area (Å²) >= 11 is 1.34. The normalized spacial score (nSPS) is 13.8. The van der Waals surface area contributed by atoms with Crippen molar-refractivity contribution < 1.29 is 22.0 Å². The summed E-state index contributed by atoms with van der Waals surface area (Å²) in [5.74, 6) is -2.07. The Morgan fingerprint density at radius 2 is 1.85 bits per heavy atom. The van der Waals surface area contributed by atoms with Crippen LogP contribution in [-0.2, 0) is 40.6 Å². The second kappa shape index (κ2) is 9.62. The zero-order valence-electron chi connectivity index (χ0n) is 18.3. The maximum Gasteiger partial charge on any atom is 0.229 e. The maximum absolute atomic E-state index is 13.5. The van der Waals surface area contributed by atoms with Gasteiger partial charge in [0.2, 0.25) is 5.91 Å². The summed E-state index contributed by atoms with van der Waals surface area (Å²) < 4.78 is 49.9. The number of thiophene rings is 1. The lowest BCUT2D eigenvalue weighted by Crippen LogP contribution is -2.29. The molecule has 4 rings (SSSR count). The third-order valence-electron chi connectivity index (χ3n) is 5.61. The number of carbonyl (C=O) groups excluding carboxylic acids is 1. The van der Waals surface area contributed by atoms with E-state index in [0.717, 1.165) is 22.8 Å². The van der Waals surface area contributed by atoms with Crippen LogP contribution < -0.4 is 5.32 Å². The first-order chi connectivity index (χ1) is 16.1. The van der Waals surface area contributed by atoms with E-state index in [1.807, 2.05) is 0 Å². The van der Waals surface area contributed by atoms with E-state index in [0.29, 0.717) is 47.7 Å². The number of sulfone groups is 1. The summed E-state index contributed by atoms with van der Waals surface area (Å²) in [6.45, 7) is 1.63. The molecule has 1 aliphatic heterocycles. The summed E-state index contributed by atoms with van der Waals surface area (Å²) in [5, 5.41) is 13.0. The fourth-order valence-electron chi connectivity index (χ4n) is 3.90. The fraction of sp³-hybridized carbons (Fsp3) is 0.250. The largest absolute Gasteiger partial charge is 0.316 e. The van der Waals surface area contributed by atoms with Gasteiger partial charge >= 0.3 is 0 Å². The molecule has 1 amide bonds. The molecule has 0 atom stereocenters. The smallest absolute Gasteiger partial charge is 0.229 e. The van der Waals surface area contributed by atoms with Crippen molar-refractivity contribution in [3.05, 3.63) is 81.2 Å².